The third-order valence-corrected chi connectivity index (χ3v) is 5.88. The summed E-state index contributed by atoms with van der Waals surface area (Å²) in [6.07, 6.45) is -1.96. The van der Waals surface area contributed by atoms with Crippen LogP contribution in [0.1, 0.15) is 39.5 Å². The van der Waals surface area contributed by atoms with Gasteiger partial charge in [0.25, 0.3) is 0 Å². The Bertz CT molecular complexity index is 746. The fourth-order valence-corrected chi connectivity index (χ4v) is 3.73. The molecule has 6 atom stereocenters. The Labute approximate surface area is 198 Å². The number of carbonyl (C=O) groups excluding carboxylic acids is 3. The lowest BCUT2D eigenvalue weighted by atomic mass is 9.90. The van der Waals surface area contributed by atoms with Crippen molar-refractivity contribution in [3.8, 4) is 0 Å². The minimum absolute atomic E-state index is 0.0955. The van der Waals surface area contributed by atoms with E-state index in [9.17, 15) is 34.2 Å². The Morgan fingerprint density at radius 3 is 2.26 bits per heavy atom. The zero-order valence-electron chi connectivity index (χ0n) is 19.9. The molecule has 0 aromatic carbocycles. The molecule has 0 aromatic heterocycles. The predicted octanol–water partition coefficient (Wildman–Crippen LogP) is -1.85. The molecule has 1 rings (SSSR count). The number of likely N-dealkylation sites (N-methyl/N-ethyl adjacent to an activating group) is 1. The molecule has 0 aliphatic carbocycles. The van der Waals surface area contributed by atoms with Crippen LogP contribution in [0.4, 0.5) is 0 Å². The molecule has 0 saturated carbocycles. The summed E-state index contributed by atoms with van der Waals surface area (Å²) in [5.74, 6) is -4.56. The summed E-state index contributed by atoms with van der Waals surface area (Å²) in [5, 5.41) is 35.7. The summed E-state index contributed by atoms with van der Waals surface area (Å²) in [5.41, 5.74) is 0. The average molecular weight is 489 g/mol. The van der Waals surface area contributed by atoms with E-state index in [0.29, 0.717) is 6.42 Å². The number of hydrogen-bond acceptors (Lipinski definition) is 8. The third-order valence-electron chi connectivity index (χ3n) is 5.88. The van der Waals surface area contributed by atoms with Crippen LogP contribution in [0.15, 0.2) is 0 Å². The van der Waals surface area contributed by atoms with Gasteiger partial charge < -0.3 is 40.9 Å². The zero-order chi connectivity index (χ0) is 26.0. The molecule has 0 aromatic rings. The van der Waals surface area contributed by atoms with Crippen molar-refractivity contribution in [1.82, 2.24) is 20.9 Å². The first-order valence-electron chi connectivity index (χ1n) is 11.1. The van der Waals surface area contributed by atoms with Crippen molar-refractivity contribution in [2.45, 2.75) is 69.9 Å². The van der Waals surface area contributed by atoms with Crippen molar-refractivity contribution < 1.29 is 44.0 Å². The molecular formula is C21H36N4O9. The number of nitrogens with one attached hydrogen (secondary N) is 3. The highest BCUT2D eigenvalue weighted by molar-refractivity contribution is 5.90. The second-order valence-electron chi connectivity index (χ2n) is 8.44. The molecule has 13 heteroatoms. The number of likely N-dealkylation sites (tertiary alicyclic amines) is 1. The Morgan fingerprint density at radius 1 is 1.12 bits per heavy atom. The number of carbonyl (C=O) groups is 5. The standard InChI is InChI=1S/C21H36N4O9/c1-11(22-3)19(30)24-18(12(2)26)20(31)25-8-7-15(34-4)13(10-25)9-16(27)23-14(21(32)33)5-6-17(28)29/h11-15,18,22,26H,5-10H2,1-4H3,(H,23,27)(H,24,30)(H,28,29)(H,32,33)/t11-,12+,13-,14+,15+,18+/m1/s1. The highest BCUT2D eigenvalue weighted by Crippen LogP contribution is 2.24. The fraction of sp³-hybridized carbons (Fsp3) is 0.762. The molecule has 194 valence electrons. The Morgan fingerprint density at radius 2 is 1.76 bits per heavy atom. The number of nitrogens with zero attached hydrogens (tertiary/aromatic N) is 1. The molecule has 1 fully saturated rings. The van der Waals surface area contributed by atoms with Gasteiger partial charge in [-0.1, -0.05) is 0 Å². The van der Waals surface area contributed by atoms with Crippen LogP contribution >= 0.6 is 0 Å². The van der Waals surface area contributed by atoms with Crippen molar-refractivity contribution in [2.24, 2.45) is 5.92 Å². The van der Waals surface area contributed by atoms with Crippen molar-refractivity contribution >= 4 is 29.7 Å². The Kier molecular flexibility index (Phi) is 11.9. The van der Waals surface area contributed by atoms with Crippen molar-refractivity contribution in [2.75, 3.05) is 27.2 Å². The summed E-state index contributed by atoms with van der Waals surface area (Å²) in [6.45, 7) is 3.38. The van der Waals surface area contributed by atoms with E-state index in [-0.39, 0.29) is 32.0 Å². The Hall–Kier alpha value is -2.77. The molecule has 34 heavy (non-hydrogen) atoms. The van der Waals surface area contributed by atoms with Gasteiger partial charge in [-0.2, -0.15) is 0 Å². The van der Waals surface area contributed by atoms with E-state index in [1.807, 2.05) is 0 Å². The van der Waals surface area contributed by atoms with Gasteiger partial charge >= 0.3 is 11.9 Å². The van der Waals surface area contributed by atoms with E-state index in [4.69, 9.17) is 9.84 Å². The molecular weight excluding hydrogens is 452 g/mol. The number of carboxylic acid groups (broad SMARTS) is 2. The van der Waals surface area contributed by atoms with Gasteiger partial charge in [0.15, 0.2) is 0 Å². The largest absolute Gasteiger partial charge is 0.481 e. The monoisotopic (exact) mass is 488 g/mol. The highest BCUT2D eigenvalue weighted by atomic mass is 16.5. The van der Waals surface area contributed by atoms with Crippen LogP contribution < -0.4 is 16.0 Å². The number of carboxylic acids is 2. The molecule has 1 aliphatic heterocycles. The first kappa shape index (κ1) is 29.3. The molecule has 0 unspecified atom stereocenters. The Balaban J connectivity index is 2.87. The summed E-state index contributed by atoms with van der Waals surface area (Å²) in [4.78, 5) is 61.3. The van der Waals surface area contributed by atoms with Gasteiger partial charge in [-0.3, -0.25) is 19.2 Å². The van der Waals surface area contributed by atoms with Gasteiger partial charge in [0.1, 0.15) is 12.1 Å². The first-order chi connectivity index (χ1) is 15.9. The summed E-state index contributed by atoms with van der Waals surface area (Å²) < 4.78 is 5.44. The number of ether oxygens (including phenoxy) is 1. The summed E-state index contributed by atoms with van der Waals surface area (Å²) in [7, 11) is 3.06. The highest BCUT2D eigenvalue weighted by Gasteiger charge is 2.37. The molecule has 1 saturated heterocycles. The molecule has 0 spiro atoms. The van der Waals surface area contributed by atoms with Gasteiger partial charge in [0.05, 0.1) is 18.2 Å². The lowest BCUT2D eigenvalue weighted by molar-refractivity contribution is -0.145. The smallest absolute Gasteiger partial charge is 0.326 e. The van der Waals surface area contributed by atoms with Crippen LogP contribution in [0.5, 0.6) is 0 Å². The number of aliphatic carboxylic acids is 2. The maximum atomic E-state index is 13.1. The lowest BCUT2D eigenvalue weighted by Gasteiger charge is -2.39. The van der Waals surface area contributed by atoms with Crippen LogP contribution in [-0.4, -0.2) is 107 Å². The zero-order valence-corrected chi connectivity index (χ0v) is 19.9. The second kappa shape index (κ2) is 13.8. The summed E-state index contributed by atoms with van der Waals surface area (Å²) >= 11 is 0. The minimum atomic E-state index is -1.35. The fourth-order valence-electron chi connectivity index (χ4n) is 3.73. The molecule has 0 bridgehead atoms. The van der Waals surface area contributed by atoms with E-state index in [0.717, 1.165) is 0 Å². The number of piperidine rings is 1. The van der Waals surface area contributed by atoms with Crippen molar-refractivity contribution in [3.63, 3.8) is 0 Å². The van der Waals surface area contributed by atoms with Gasteiger partial charge in [-0.15, -0.1) is 0 Å². The molecule has 3 amide bonds. The maximum absolute atomic E-state index is 13.1. The quantitative estimate of drug-likeness (QED) is 0.171. The van der Waals surface area contributed by atoms with Crippen LogP contribution in [0, 0.1) is 5.92 Å². The minimum Gasteiger partial charge on any atom is -0.481 e. The molecule has 0 radical (unpaired) electrons. The van der Waals surface area contributed by atoms with Gasteiger partial charge in [0, 0.05) is 39.0 Å². The summed E-state index contributed by atoms with van der Waals surface area (Å²) in [6, 6.07) is -3.10. The van der Waals surface area contributed by atoms with Crippen LogP contribution in [-0.2, 0) is 28.7 Å². The lowest BCUT2D eigenvalue weighted by Crippen LogP contribution is -2.59. The van der Waals surface area contributed by atoms with E-state index < -0.39 is 66.2 Å². The first-order valence-corrected chi connectivity index (χ1v) is 11.1. The second-order valence-corrected chi connectivity index (χ2v) is 8.44. The van der Waals surface area contributed by atoms with Gasteiger partial charge in [-0.05, 0) is 33.7 Å². The van der Waals surface area contributed by atoms with E-state index in [1.54, 1.807) is 14.0 Å². The van der Waals surface area contributed by atoms with Gasteiger partial charge in [0.2, 0.25) is 17.7 Å². The topological polar surface area (TPSA) is 195 Å². The number of aliphatic hydroxyl groups is 1. The molecule has 1 heterocycles. The number of methoxy groups -OCH3 is 1. The maximum Gasteiger partial charge on any atom is 0.326 e. The number of aliphatic hydroxyl groups excluding tert-OH is 1. The van der Waals surface area contributed by atoms with Crippen LogP contribution in [0.2, 0.25) is 0 Å². The average Bonchev–Trinajstić information content (AvgIpc) is 2.78. The predicted molar refractivity (Wildman–Crippen MR) is 119 cm³/mol. The van der Waals surface area contributed by atoms with E-state index in [2.05, 4.69) is 16.0 Å². The number of hydrogen-bond donors (Lipinski definition) is 6. The molecule has 6 N–H and O–H groups in total. The van der Waals surface area contributed by atoms with Crippen molar-refractivity contribution in [1.29, 1.82) is 0 Å². The van der Waals surface area contributed by atoms with Crippen molar-refractivity contribution in [3.05, 3.63) is 0 Å². The van der Waals surface area contributed by atoms with E-state index in [1.165, 1.54) is 18.9 Å². The molecule has 1 aliphatic rings. The molecule has 13 nitrogen and oxygen atoms in total. The van der Waals surface area contributed by atoms with E-state index >= 15 is 0 Å². The van der Waals surface area contributed by atoms with Crippen LogP contribution in [0.25, 0.3) is 0 Å². The number of amides is 3. The SMILES string of the molecule is CN[C@H](C)C(=O)N[C@H](C(=O)N1CC[C@H](OC)[C@H](CC(=O)N[C@@H](CCC(=O)O)C(=O)O)C1)[C@H](C)O. The number of rotatable bonds is 13. The normalized spacial score (nSPS) is 21.6. The third kappa shape index (κ3) is 8.88. The van der Waals surface area contributed by atoms with Gasteiger partial charge in [-0.25, -0.2) is 4.79 Å². The van der Waals surface area contributed by atoms with Crippen LogP contribution in [0.3, 0.4) is 0 Å².